The van der Waals surface area contributed by atoms with E-state index in [1.165, 1.54) is 24.3 Å². The first kappa shape index (κ1) is 15.5. The molecule has 0 aromatic heterocycles. The number of nitrogens with zero attached hydrogens (tertiary/aromatic N) is 3. The second-order valence-electron chi connectivity index (χ2n) is 3.48. The summed E-state index contributed by atoms with van der Waals surface area (Å²) < 4.78 is 0. The lowest BCUT2D eigenvalue weighted by Gasteiger charge is -2.02. The smallest absolute Gasteiger partial charge is 0.322 e. The molecule has 1 aromatic carbocycles. The van der Waals surface area contributed by atoms with E-state index in [4.69, 9.17) is 10.6 Å². The molecule has 0 fully saturated rings. The number of carboxylic acid groups (broad SMARTS) is 1. The lowest BCUT2D eigenvalue weighted by atomic mass is 10.2. The zero-order valence-corrected chi connectivity index (χ0v) is 11.0. The summed E-state index contributed by atoms with van der Waals surface area (Å²) in [6.07, 6.45) is 0. The molecule has 104 valence electrons. The van der Waals surface area contributed by atoms with E-state index in [2.05, 4.69) is 15.3 Å². The van der Waals surface area contributed by atoms with E-state index in [0.717, 1.165) is 11.8 Å². The van der Waals surface area contributed by atoms with Crippen LogP contribution in [0.15, 0.2) is 29.4 Å². The molecule has 0 unspecified atom stereocenters. The standard InChI is InChI=1S/C11H10N4O4S/c12-15-14-8-3-1-7(2-4-8)11(19)20-6-9(16)13-5-10(17)18/h1-4H,5-6H2,(H,13,16)(H,17,18). The maximum absolute atomic E-state index is 11.7. The number of hydrogen-bond donors (Lipinski definition) is 2. The van der Waals surface area contributed by atoms with Crippen LogP contribution in [0.3, 0.4) is 0 Å². The van der Waals surface area contributed by atoms with Crippen LogP contribution in [0.5, 0.6) is 0 Å². The average molecular weight is 294 g/mol. The van der Waals surface area contributed by atoms with Crippen molar-refractivity contribution in [3.05, 3.63) is 40.3 Å². The van der Waals surface area contributed by atoms with Gasteiger partial charge in [0.05, 0.1) is 5.75 Å². The molecule has 20 heavy (non-hydrogen) atoms. The van der Waals surface area contributed by atoms with Gasteiger partial charge >= 0.3 is 5.97 Å². The second kappa shape index (κ2) is 7.82. The van der Waals surface area contributed by atoms with Crippen molar-refractivity contribution in [1.82, 2.24) is 5.32 Å². The number of rotatable bonds is 6. The second-order valence-corrected chi connectivity index (χ2v) is 4.43. The van der Waals surface area contributed by atoms with E-state index in [-0.39, 0.29) is 10.9 Å². The summed E-state index contributed by atoms with van der Waals surface area (Å²) in [4.78, 5) is 35.8. The van der Waals surface area contributed by atoms with Gasteiger partial charge in [-0.15, -0.1) is 0 Å². The van der Waals surface area contributed by atoms with Crippen LogP contribution in [0, 0.1) is 0 Å². The van der Waals surface area contributed by atoms with Gasteiger partial charge in [-0.3, -0.25) is 14.4 Å². The molecule has 0 saturated heterocycles. The molecular weight excluding hydrogens is 284 g/mol. The lowest BCUT2D eigenvalue weighted by Crippen LogP contribution is -2.30. The maximum atomic E-state index is 11.7. The van der Waals surface area contributed by atoms with Crippen molar-refractivity contribution < 1.29 is 19.5 Å². The number of azide groups is 1. The van der Waals surface area contributed by atoms with Gasteiger partial charge in [0.25, 0.3) is 0 Å². The fourth-order valence-corrected chi connectivity index (χ4v) is 1.82. The van der Waals surface area contributed by atoms with Gasteiger partial charge in [-0.2, -0.15) is 0 Å². The molecule has 0 saturated carbocycles. The molecule has 1 amide bonds. The zero-order chi connectivity index (χ0) is 15.0. The highest BCUT2D eigenvalue weighted by molar-refractivity contribution is 8.14. The fraction of sp³-hybridized carbons (Fsp3) is 0.182. The normalized spacial score (nSPS) is 9.40. The molecule has 9 heteroatoms. The third-order valence-electron chi connectivity index (χ3n) is 2.03. The maximum Gasteiger partial charge on any atom is 0.322 e. The molecule has 0 heterocycles. The Morgan fingerprint density at radius 2 is 1.95 bits per heavy atom. The highest BCUT2D eigenvalue weighted by Gasteiger charge is 2.10. The van der Waals surface area contributed by atoms with Crippen molar-refractivity contribution in [1.29, 1.82) is 0 Å². The number of carbonyl (C=O) groups is 3. The van der Waals surface area contributed by atoms with E-state index < -0.39 is 18.4 Å². The minimum Gasteiger partial charge on any atom is -0.480 e. The Morgan fingerprint density at radius 3 is 2.50 bits per heavy atom. The van der Waals surface area contributed by atoms with Crippen molar-refractivity contribution in [2.24, 2.45) is 5.11 Å². The molecule has 0 bridgehead atoms. The summed E-state index contributed by atoms with van der Waals surface area (Å²) in [5, 5.41) is 13.5. The Balaban J connectivity index is 2.48. The van der Waals surface area contributed by atoms with Crippen molar-refractivity contribution in [2.75, 3.05) is 12.3 Å². The Bertz CT molecular complexity index is 566. The Hall–Kier alpha value is -2.51. The molecule has 0 spiro atoms. The number of aliphatic carboxylic acids is 1. The third-order valence-corrected chi connectivity index (χ3v) is 2.94. The van der Waals surface area contributed by atoms with Crippen LogP contribution in [-0.4, -0.2) is 34.4 Å². The van der Waals surface area contributed by atoms with Crippen LogP contribution in [0.25, 0.3) is 10.4 Å². The summed E-state index contributed by atoms with van der Waals surface area (Å²) in [6.45, 7) is -0.478. The van der Waals surface area contributed by atoms with Crippen LogP contribution in [0.2, 0.25) is 0 Å². The van der Waals surface area contributed by atoms with Crippen LogP contribution < -0.4 is 5.32 Å². The van der Waals surface area contributed by atoms with Gasteiger partial charge in [0.1, 0.15) is 6.54 Å². The third kappa shape index (κ3) is 5.42. The minimum absolute atomic E-state index is 0.162. The Kier molecular flexibility index (Phi) is 6.08. The number of thioether (sulfide) groups is 1. The predicted molar refractivity (Wildman–Crippen MR) is 72.7 cm³/mol. The predicted octanol–water partition coefficient (Wildman–Crippen LogP) is 1.70. The van der Waals surface area contributed by atoms with Crippen LogP contribution in [0.4, 0.5) is 5.69 Å². The molecule has 0 aliphatic carbocycles. The molecule has 0 aliphatic heterocycles. The molecule has 0 radical (unpaired) electrons. The summed E-state index contributed by atoms with van der Waals surface area (Å²) >= 11 is 0.761. The Labute approximate surface area is 117 Å². The van der Waals surface area contributed by atoms with Gasteiger partial charge in [-0.05, 0) is 5.53 Å². The van der Waals surface area contributed by atoms with Crippen LogP contribution in [0.1, 0.15) is 10.4 Å². The van der Waals surface area contributed by atoms with E-state index in [1.807, 2.05) is 0 Å². The van der Waals surface area contributed by atoms with Gasteiger partial charge in [0, 0.05) is 16.2 Å². The molecule has 1 rings (SSSR count). The first-order chi connectivity index (χ1) is 9.52. The van der Waals surface area contributed by atoms with Gasteiger partial charge in [-0.25, -0.2) is 0 Å². The van der Waals surface area contributed by atoms with Crippen molar-refractivity contribution in [3.8, 4) is 0 Å². The summed E-state index contributed by atoms with van der Waals surface area (Å²) in [5.74, 6) is -1.84. The zero-order valence-electron chi connectivity index (χ0n) is 10.1. The van der Waals surface area contributed by atoms with Crippen LogP contribution >= 0.6 is 11.8 Å². The van der Waals surface area contributed by atoms with Crippen LogP contribution in [-0.2, 0) is 9.59 Å². The van der Waals surface area contributed by atoms with E-state index in [9.17, 15) is 14.4 Å². The summed E-state index contributed by atoms with van der Waals surface area (Å²) in [6, 6.07) is 5.93. The molecule has 1 aromatic rings. The molecule has 2 N–H and O–H groups in total. The summed E-state index contributed by atoms with van der Waals surface area (Å²) in [5.41, 5.74) is 8.98. The first-order valence-electron chi connectivity index (χ1n) is 5.33. The largest absolute Gasteiger partial charge is 0.480 e. The van der Waals surface area contributed by atoms with E-state index in [1.54, 1.807) is 0 Å². The number of benzene rings is 1. The summed E-state index contributed by atoms with van der Waals surface area (Å²) in [7, 11) is 0. The van der Waals surface area contributed by atoms with Crippen molar-refractivity contribution >= 4 is 34.4 Å². The number of carbonyl (C=O) groups excluding carboxylic acids is 2. The average Bonchev–Trinajstić information content (AvgIpc) is 2.43. The monoisotopic (exact) mass is 294 g/mol. The van der Waals surface area contributed by atoms with Gasteiger partial charge in [0.2, 0.25) is 11.0 Å². The highest BCUT2D eigenvalue weighted by atomic mass is 32.2. The first-order valence-corrected chi connectivity index (χ1v) is 6.32. The fourth-order valence-electron chi connectivity index (χ4n) is 1.16. The van der Waals surface area contributed by atoms with Crippen molar-refractivity contribution in [3.63, 3.8) is 0 Å². The molecule has 8 nitrogen and oxygen atoms in total. The highest BCUT2D eigenvalue weighted by Crippen LogP contribution is 2.17. The van der Waals surface area contributed by atoms with Gasteiger partial charge in [0.15, 0.2) is 0 Å². The van der Waals surface area contributed by atoms with E-state index in [0.29, 0.717) is 11.3 Å². The van der Waals surface area contributed by atoms with Crippen molar-refractivity contribution in [2.45, 2.75) is 0 Å². The number of carboxylic acids is 1. The van der Waals surface area contributed by atoms with E-state index >= 15 is 0 Å². The minimum atomic E-state index is -1.15. The SMILES string of the molecule is [N-]=[N+]=Nc1ccc(C(=O)SCC(=O)NCC(=O)O)cc1. The van der Waals surface area contributed by atoms with Gasteiger partial charge in [-0.1, -0.05) is 41.1 Å². The number of hydrogen-bond acceptors (Lipinski definition) is 5. The molecule has 0 aliphatic rings. The quantitative estimate of drug-likeness (QED) is 0.468. The molecule has 0 atom stereocenters. The topological polar surface area (TPSA) is 132 Å². The van der Waals surface area contributed by atoms with Gasteiger partial charge < -0.3 is 10.4 Å². The lowest BCUT2D eigenvalue weighted by molar-refractivity contribution is -0.137. The number of nitrogens with one attached hydrogen (secondary N) is 1. The molecular formula is C11H10N4O4S. The number of amides is 1. The Morgan fingerprint density at radius 1 is 1.30 bits per heavy atom.